The van der Waals surface area contributed by atoms with Crippen LogP contribution in [0, 0.1) is 0 Å². The summed E-state index contributed by atoms with van der Waals surface area (Å²) < 4.78 is 38.4. The minimum atomic E-state index is -4.55. The summed E-state index contributed by atoms with van der Waals surface area (Å²) in [4.78, 5) is 12.2. The van der Waals surface area contributed by atoms with E-state index in [2.05, 4.69) is 5.32 Å². The molecule has 0 radical (unpaired) electrons. The number of carbonyl (C=O) groups excluding carboxylic acids is 1. The number of benzene rings is 1. The average molecular weight is 300 g/mol. The molecular formula is C15H19F3N2O. The number of anilines is 1. The third kappa shape index (κ3) is 3.89. The smallest absolute Gasteiger partial charge is 0.398 e. The molecule has 0 aliphatic heterocycles. The summed E-state index contributed by atoms with van der Waals surface area (Å²) in [6, 6.07) is 3.45. The Kier molecular flexibility index (Phi) is 4.75. The maximum Gasteiger partial charge on any atom is 0.418 e. The van der Waals surface area contributed by atoms with E-state index in [0.717, 1.165) is 44.6 Å². The summed E-state index contributed by atoms with van der Waals surface area (Å²) in [7, 11) is 0. The molecule has 1 saturated carbocycles. The molecule has 0 unspecified atom stereocenters. The van der Waals surface area contributed by atoms with Gasteiger partial charge >= 0.3 is 6.18 Å². The normalized spacial score (nSPS) is 17.3. The topological polar surface area (TPSA) is 55.1 Å². The Bertz CT molecular complexity index is 506. The minimum Gasteiger partial charge on any atom is -0.398 e. The van der Waals surface area contributed by atoms with Crippen molar-refractivity contribution in [2.45, 2.75) is 50.7 Å². The number of carbonyl (C=O) groups is 1. The number of nitrogen functional groups attached to an aromatic ring is 1. The van der Waals surface area contributed by atoms with Crippen molar-refractivity contribution in [3.63, 3.8) is 0 Å². The van der Waals surface area contributed by atoms with Crippen LogP contribution in [0.1, 0.15) is 54.4 Å². The number of alkyl halides is 3. The van der Waals surface area contributed by atoms with Gasteiger partial charge in [-0.2, -0.15) is 13.2 Å². The quantitative estimate of drug-likeness (QED) is 0.645. The Morgan fingerprint density at radius 2 is 1.76 bits per heavy atom. The molecule has 21 heavy (non-hydrogen) atoms. The van der Waals surface area contributed by atoms with Gasteiger partial charge in [0.15, 0.2) is 0 Å². The van der Waals surface area contributed by atoms with E-state index in [4.69, 9.17) is 5.73 Å². The summed E-state index contributed by atoms with van der Waals surface area (Å²) in [5, 5.41) is 2.81. The number of nitrogens with two attached hydrogens (primary N) is 1. The standard InChI is InChI=1S/C15H19F3N2O/c16-15(17,18)12-9-5-8-11(13(12)19)14(21)20-10-6-3-1-2-4-7-10/h5,8-10H,1-4,6-7,19H2,(H,20,21). The van der Waals surface area contributed by atoms with Gasteiger partial charge in [0.05, 0.1) is 16.8 Å². The Balaban J connectivity index is 2.15. The average Bonchev–Trinajstić information content (AvgIpc) is 2.66. The third-order valence-electron chi connectivity index (χ3n) is 3.85. The lowest BCUT2D eigenvalue weighted by atomic mass is 10.0. The van der Waals surface area contributed by atoms with E-state index in [0.29, 0.717) is 0 Å². The van der Waals surface area contributed by atoms with Gasteiger partial charge in [-0.15, -0.1) is 0 Å². The van der Waals surface area contributed by atoms with Crippen LogP contribution in [0.2, 0.25) is 0 Å². The largest absolute Gasteiger partial charge is 0.418 e. The molecule has 2 rings (SSSR count). The number of amides is 1. The molecule has 0 heterocycles. The zero-order chi connectivity index (χ0) is 15.5. The van der Waals surface area contributed by atoms with Crippen LogP contribution in [0.15, 0.2) is 18.2 Å². The van der Waals surface area contributed by atoms with Gasteiger partial charge in [-0.05, 0) is 25.0 Å². The lowest BCUT2D eigenvalue weighted by molar-refractivity contribution is -0.136. The zero-order valence-corrected chi connectivity index (χ0v) is 11.7. The highest BCUT2D eigenvalue weighted by Crippen LogP contribution is 2.35. The van der Waals surface area contributed by atoms with E-state index in [1.54, 1.807) is 0 Å². The highest BCUT2D eigenvalue weighted by Gasteiger charge is 2.34. The Labute approximate surface area is 121 Å². The number of rotatable bonds is 2. The van der Waals surface area contributed by atoms with Crippen molar-refractivity contribution in [2.24, 2.45) is 0 Å². The number of hydrogen-bond donors (Lipinski definition) is 2. The number of halogens is 3. The van der Waals surface area contributed by atoms with E-state index >= 15 is 0 Å². The molecule has 0 bridgehead atoms. The fraction of sp³-hybridized carbons (Fsp3) is 0.533. The Hall–Kier alpha value is -1.72. The second-order valence-corrected chi connectivity index (χ2v) is 5.43. The molecule has 1 aliphatic rings. The summed E-state index contributed by atoms with van der Waals surface area (Å²) in [5.41, 5.74) is 3.96. The van der Waals surface area contributed by atoms with Gasteiger partial charge in [-0.25, -0.2) is 0 Å². The van der Waals surface area contributed by atoms with E-state index in [-0.39, 0.29) is 11.6 Å². The van der Waals surface area contributed by atoms with Gasteiger partial charge in [0, 0.05) is 6.04 Å². The maximum absolute atomic E-state index is 12.8. The highest BCUT2D eigenvalue weighted by atomic mass is 19.4. The predicted octanol–water partition coefficient (Wildman–Crippen LogP) is 3.74. The molecule has 6 heteroatoms. The molecule has 1 aromatic carbocycles. The van der Waals surface area contributed by atoms with E-state index in [1.165, 1.54) is 12.1 Å². The van der Waals surface area contributed by atoms with Crippen LogP contribution in [0.5, 0.6) is 0 Å². The summed E-state index contributed by atoms with van der Waals surface area (Å²) in [5.74, 6) is -0.523. The van der Waals surface area contributed by atoms with Crippen molar-refractivity contribution in [2.75, 3.05) is 5.73 Å². The Morgan fingerprint density at radius 3 is 2.33 bits per heavy atom. The SMILES string of the molecule is Nc1c(C(=O)NC2CCCCCC2)cccc1C(F)(F)F. The minimum absolute atomic E-state index is 0.0222. The first kappa shape index (κ1) is 15.7. The molecule has 1 aliphatic carbocycles. The Morgan fingerprint density at radius 1 is 1.14 bits per heavy atom. The van der Waals surface area contributed by atoms with E-state index in [9.17, 15) is 18.0 Å². The number of hydrogen-bond acceptors (Lipinski definition) is 2. The first-order chi connectivity index (χ1) is 9.89. The van der Waals surface area contributed by atoms with E-state index < -0.39 is 23.3 Å². The second-order valence-electron chi connectivity index (χ2n) is 5.43. The molecule has 3 N–H and O–H groups in total. The molecule has 116 valence electrons. The first-order valence-corrected chi connectivity index (χ1v) is 7.16. The van der Waals surface area contributed by atoms with Gasteiger partial charge in [0.1, 0.15) is 0 Å². The van der Waals surface area contributed by atoms with Gasteiger partial charge in [-0.1, -0.05) is 31.7 Å². The molecule has 0 spiro atoms. The molecule has 0 atom stereocenters. The van der Waals surface area contributed by atoms with Crippen LogP contribution in [0.4, 0.5) is 18.9 Å². The molecule has 1 aromatic rings. The second kappa shape index (κ2) is 6.37. The van der Waals surface area contributed by atoms with Crippen LogP contribution in [-0.4, -0.2) is 11.9 Å². The lowest BCUT2D eigenvalue weighted by Crippen LogP contribution is -2.35. The van der Waals surface area contributed by atoms with Crippen molar-refractivity contribution < 1.29 is 18.0 Å². The van der Waals surface area contributed by atoms with Crippen molar-refractivity contribution in [3.05, 3.63) is 29.3 Å². The molecule has 3 nitrogen and oxygen atoms in total. The molecular weight excluding hydrogens is 281 g/mol. The van der Waals surface area contributed by atoms with Gasteiger partial charge in [0.25, 0.3) is 5.91 Å². The maximum atomic E-state index is 12.8. The van der Waals surface area contributed by atoms with Crippen LogP contribution in [0.25, 0.3) is 0 Å². The number of para-hydroxylation sites is 1. The molecule has 0 aromatic heterocycles. The van der Waals surface area contributed by atoms with Crippen LogP contribution in [-0.2, 0) is 6.18 Å². The van der Waals surface area contributed by atoms with Gasteiger partial charge in [0.2, 0.25) is 0 Å². The van der Waals surface area contributed by atoms with Crippen molar-refractivity contribution in [3.8, 4) is 0 Å². The zero-order valence-electron chi connectivity index (χ0n) is 11.7. The summed E-state index contributed by atoms with van der Waals surface area (Å²) >= 11 is 0. The third-order valence-corrected chi connectivity index (χ3v) is 3.85. The van der Waals surface area contributed by atoms with Crippen LogP contribution >= 0.6 is 0 Å². The fourth-order valence-corrected chi connectivity index (χ4v) is 2.70. The first-order valence-electron chi connectivity index (χ1n) is 7.16. The lowest BCUT2D eigenvalue weighted by Gasteiger charge is -2.18. The summed E-state index contributed by atoms with van der Waals surface area (Å²) in [6.45, 7) is 0. The fourth-order valence-electron chi connectivity index (χ4n) is 2.70. The highest BCUT2D eigenvalue weighted by molar-refractivity contribution is 6.00. The van der Waals surface area contributed by atoms with E-state index in [1.807, 2.05) is 0 Å². The predicted molar refractivity (Wildman–Crippen MR) is 74.8 cm³/mol. The number of nitrogens with one attached hydrogen (secondary N) is 1. The molecule has 1 amide bonds. The van der Waals surface area contributed by atoms with Crippen molar-refractivity contribution in [1.29, 1.82) is 0 Å². The van der Waals surface area contributed by atoms with Gasteiger partial charge < -0.3 is 11.1 Å². The molecule has 1 fully saturated rings. The monoisotopic (exact) mass is 300 g/mol. The van der Waals surface area contributed by atoms with Crippen molar-refractivity contribution in [1.82, 2.24) is 5.32 Å². The van der Waals surface area contributed by atoms with Crippen LogP contribution in [0.3, 0.4) is 0 Å². The van der Waals surface area contributed by atoms with Gasteiger partial charge in [-0.3, -0.25) is 4.79 Å². The summed E-state index contributed by atoms with van der Waals surface area (Å²) in [6.07, 6.45) is 1.51. The van der Waals surface area contributed by atoms with Crippen LogP contribution < -0.4 is 11.1 Å². The van der Waals surface area contributed by atoms with Crippen molar-refractivity contribution >= 4 is 11.6 Å². The molecule has 0 saturated heterocycles.